The van der Waals surface area contributed by atoms with Crippen LogP contribution in [0.3, 0.4) is 0 Å². The lowest BCUT2D eigenvalue weighted by atomic mass is 10.1. The monoisotopic (exact) mass is 277 g/mol. The molecule has 1 unspecified atom stereocenters. The van der Waals surface area contributed by atoms with Crippen LogP contribution in [-0.2, 0) is 0 Å². The quantitative estimate of drug-likeness (QED) is 0.607. The van der Waals surface area contributed by atoms with Crippen molar-refractivity contribution >= 4 is 0 Å². The molecule has 2 nitrogen and oxygen atoms in total. The molecule has 0 amide bonds. The third-order valence-electron chi connectivity index (χ3n) is 3.71. The minimum absolute atomic E-state index is 0.404. The summed E-state index contributed by atoms with van der Waals surface area (Å²) in [4.78, 5) is 0. The first-order valence-electron chi connectivity index (χ1n) is 8.15. The number of rotatable bonds is 10. The van der Waals surface area contributed by atoms with Gasteiger partial charge in [0.25, 0.3) is 0 Å². The van der Waals surface area contributed by atoms with Crippen LogP contribution in [-0.4, -0.2) is 13.2 Å². The number of hydrogen-bond acceptors (Lipinski definition) is 2. The van der Waals surface area contributed by atoms with Crippen molar-refractivity contribution in [3.05, 3.63) is 29.3 Å². The van der Waals surface area contributed by atoms with E-state index in [0.717, 1.165) is 25.3 Å². The van der Waals surface area contributed by atoms with E-state index in [2.05, 4.69) is 51.2 Å². The maximum atomic E-state index is 5.89. The molecule has 0 spiro atoms. The zero-order chi connectivity index (χ0) is 14.8. The Morgan fingerprint density at radius 1 is 1.10 bits per heavy atom. The fourth-order valence-electron chi connectivity index (χ4n) is 2.42. The van der Waals surface area contributed by atoms with Gasteiger partial charge in [0.1, 0.15) is 5.75 Å². The minimum Gasteiger partial charge on any atom is -0.493 e. The maximum Gasteiger partial charge on any atom is 0.122 e. The molecular formula is C18H31NO. The second-order valence-corrected chi connectivity index (χ2v) is 5.57. The molecular weight excluding hydrogens is 246 g/mol. The van der Waals surface area contributed by atoms with Crippen molar-refractivity contribution in [2.75, 3.05) is 13.2 Å². The van der Waals surface area contributed by atoms with Crippen molar-refractivity contribution in [1.82, 2.24) is 5.32 Å². The zero-order valence-electron chi connectivity index (χ0n) is 13.7. The van der Waals surface area contributed by atoms with Gasteiger partial charge < -0.3 is 10.1 Å². The second-order valence-electron chi connectivity index (χ2n) is 5.57. The molecule has 0 aliphatic rings. The third kappa shape index (κ3) is 5.96. The lowest BCUT2D eigenvalue weighted by molar-refractivity contribution is 0.302. The lowest BCUT2D eigenvalue weighted by Crippen LogP contribution is -2.17. The molecule has 0 saturated carbocycles. The van der Waals surface area contributed by atoms with E-state index in [-0.39, 0.29) is 0 Å². The lowest BCUT2D eigenvalue weighted by Gasteiger charge is -2.15. The average Bonchev–Trinajstić information content (AvgIpc) is 2.44. The van der Waals surface area contributed by atoms with E-state index >= 15 is 0 Å². The Morgan fingerprint density at radius 2 is 1.85 bits per heavy atom. The molecule has 0 aromatic heterocycles. The Morgan fingerprint density at radius 3 is 2.50 bits per heavy atom. The Kier molecular flexibility index (Phi) is 8.36. The second kappa shape index (κ2) is 9.82. The van der Waals surface area contributed by atoms with Gasteiger partial charge in [-0.2, -0.15) is 0 Å². The van der Waals surface area contributed by atoms with Gasteiger partial charge in [-0.3, -0.25) is 0 Å². The predicted octanol–water partition coefficient (Wildman–Crippen LogP) is 5.01. The van der Waals surface area contributed by atoms with Crippen molar-refractivity contribution in [1.29, 1.82) is 0 Å². The number of ether oxygens (including phenoxy) is 1. The van der Waals surface area contributed by atoms with E-state index in [0.29, 0.717) is 6.04 Å². The van der Waals surface area contributed by atoms with Gasteiger partial charge in [0.2, 0.25) is 0 Å². The topological polar surface area (TPSA) is 21.3 Å². The molecule has 1 N–H and O–H groups in total. The third-order valence-corrected chi connectivity index (χ3v) is 3.71. The molecule has 0 aliphatic carbocycles. The summed E-state index contributed by atoms with van der Waals surface area (Å²) in [6, 6.07) is 6.93. The van der Waals surface area contributed by atoms with Crippen molar-refractivity contribution < 1.29 is 4.74 Å². The molecule has 1 atom stereocenters. The van der Waals surface area contributed by atoms with E-state index < -0.39 is 0 Å². The van der Waals surface area contributed by atoms with Crippen LogP contribution < -0.4 is 10.1 Å². The summed E-state index contributed by atoms with van der Waals surface area (Å²) in [5, 5.41) is 3.44. The summed E-state index contributed by atoms with van der Waals surface area (Å²) in [6.45, 7) is 10.6. The summed E-state index contributed by atoms with van der Waals surface area (Å²) in [5.74, 6) is 1.04. The van der Waals surface area contributed by atoms with Crippen LogP contribution in [0.15, 0.2) is 18.2 Å². The number of hydrogen-bond donors (Lipinski definition) is 1. The van der Waals surface area contributed by atoms with Gasteiger partial charge in [-0.1, -0.05) is 51.7 Å². The van der Waals surface area contributed by atoms with Gasteiger partial charge in [-0.25, -0.2) is 0 Å². The highest BCUT2D eigenvalue weighted by Crippen LogP contribution is 2.23. The number of nitrogens with one attached hydrogen (secondary N) is 1. The van der Waals surface area contributed by atoms with Gasteiger partial charge in [0.15, 0.2) is 0 Å². The molecule has 0 saturated heterocycles. The standard InChI is InChI=1S/C18H31NO/c1-5-7-8-9-10-13-20-18-12-11-17(14-15(18)3)16(4)19-6-2/h11-12,14,16,19H,5-10,13H2,1-4H3. The highest BCUT2D eigenvalue weighted by atomic mass is 16.5. The fourth-order valence-corrected chi connectivity index (χ4v) is 2.42. The van der Waals surface area contributed by atoms with Gasteiger partial charge in [-0.05, 0) is 44.0 Å². The normalized spacial score (nSPS) is 12.4. The van der Waals surface area contributed by atoms with Crippen LogP contribution >= 0.6 is 0 Å². The first-order chi connectivity index (χ1) is 9.69. The molecule has 0 fully saturated rings. The van der Waals surface area contributed by atoms with Gasteiger partial charge >= 0.3 is 0 Å². The van der Waals surface area contributed by atoms with E-state index in [1.165, 1.54) is 36.8 Å². The molecule has 1 aromatic carbocycles. The average molecular weight is 277 g/mol. The van der Waals surface area contributed by atoms with Crippen LogP contribution in [0.1, 0.15) is 70.0 Å². The van der Waals surface area contributed by atoms with Gasteiger partial charge in [0, 0.05) is 6.04 Å². The molecule has 0 radical (unpaired) electrons. The molecule has 2 heteroatoms. The summed E-state index contributed by atoms with van der Waals surface area (Å²) in [7, 11) is 0. The SMILES string of the molecule is CCCCCCCOc1ccc(C(C)NCC)cc1C. The molecule has 1 rings (SSSR count). The molecule has 20 heavy (non-hydrogen) atoms. The number of aryl methyl sites for hydroxylation is 1. The van der Waals surface area contributed by atoms with Crippen LogP contribution in [0.25, 0.3) is 0 Å². The van der Waals surface area contributed by atoms with E-state index in [9.17, 15) is 0 Å². The molecule has 0 bridgehead atoms. The summed E-state index contributed by atoms with van der Waals surface area (Å²) in [5.41, 5.74) is 2.57. The molecule has 0 aliphatic heterocycles. The van der Waals surface area contributed by atoms with Gasteiger partial charge in [0.05, 0.1) is 6.61 Å². The fraction of sp³-hybridized carbons (Fsp3) is 0.667. The zero-order valence-corrected chi connectivity index (χ0v) is 13.7. The first-order valence-corrected chi connectivity index (χ1v) is 8.15. The van der Waals surface area contributed by atoms with Crippen LogP contribution in [0.2, 0.25) is 0 Å². The number of unbranched alkanes of at least 4 members (excludes halogenated alkanes) is 4. The van der Waals surface area contributed by atoms with Crippen molar-refractivity contribution in [2.45, 2.75) is 65.8 Å². The summed E-state index contributed by atoms with van der Waals surface area (Å²) < 4.78 is 5.89. The molecule has 0 heterocycles. The predicted molar refractivity (Wildman–Crippen MR) is 87.5 cm³/mol. The van der Waals surface area contributed by atoms with Crippen molar-refractivity contribution in [3.63, 3.8) is 0 Å². The molecule has 1 aromatic rings. The van der Waals surface area contributed by atoms with Crippen LogP contribution in [0.5, 0.6) is 5.75 Å². The smallest absolute Gasteiger partial charge is 0.122 e. The Balaban J connectivity index is 2.39. The Hall–Kier alpha value is -1.02. The number of benzene rings is 1. The van der Waals surface area contributed by atoms with E-state index in [1.807, 2.05) is 0 Å². The van der Waals surface area contributed by atoms with Crippen molar-refractivity contribution in [3.8, 4) is 5.75 Å². The summed E-state index contributed by atoms with van der Waals surface area (Å²) >= 11 is 0. The first kappa shape index (κ1) is 17.0. The summed E-state index contributed by atoms with van der Waals surface area (Å²) in [6.07, 6.45) is 6.41. The maximum absolute atomic E-state index is 5.89. The Labute approximate surface area is 124 Å². The van der Waals surface area contributed by atoms with E-state index in [1.54, 1.807) is 0 Å². The van der Waals surface area contributed by atoms with Gasteiger partial charge in [-0.15, -0.1) is 0 Å². The molecule has 114 valence electrons. The van der Waals surface area contributed by atoms with Crippen molar-refractivity contribution in [2.24, 2.45) is 0 Å². The highest BCUT2D eigenvalue weighted by molar-refractivity contribution is 5.37. The van der Waals surface area contributed by atoms with E-state index in [4.69, 9.17) is 4.74 Å². The van der Waals surface area contributed by atoms with Crippen LogP contribution in [0.4, 0.5) is 0 Å². The minimum atomic E-state index is 0.404. The van der Waals surface area contributed by atoms with Crippen LogP contribution in [0, 0.1) is 6.92 Å². The Bertz CT molecular complexity index is 376. The largest absolute Gasteiger partial charge is 0.493 e. The highest BCUT2D eigenvalue weighted by Gasteiger charge is 2.06.